The number of hydrogen-bond donors (Lipinski definition) is 1. The molecule has 1 aliphatic rings. The highest BCUT2D eigenvalue weighted by atomic mass is 15.2. The standard InChI is InChI=1S/C12H24N4/c1-14-11(10-13)4-9-16(3)12-5-7-15(2)8-6-12/h11-12,14H,4-9H2,1-3H3. The average Bonchev–Trinajstić information content (AvgIpc) is 2.31. The lowest BCUT2D eigenvalue weighted by Crippen LogP contribution is -2.43. The number of piperidine rings is 1. The normalized spacial score (nSPS) is 20.9. The first-order valence-electron chi connectivity index (χ1n) is 6.13. The Hall–Kier alpha value is -0.630. The molecule has 1 N–H and O–H groups in total. The smallest absolute Gasteiger partial charge is 0.0962 e. The minimum Gasteiger partial charge on any atom is -0.306 e. The fourth-order valence-corrected chi connectivity index (χ4v) is 2.22. The van der Waals surface area contributed by atoms with Gasteiger partial charge >= 0.3 is 0 Å². The van der Waals surface area contributed by atoms with E-state index in [2.05, 4.69) is 35.3 Å². The lowest BCUT2D eigenvalue weighted by Gasteiger charge is -2.35. The zero-order valence-corrected chi connectivity index (χ0v) is 10.7. The third kappa shape index (κ3) is 4.09. The molecule has 1 aliphatic heterocycles. The van der Waals surface area contributed by atoms with Gasteiger partial charge in [0.05, 0.1) is 12.1 Å². The first-order chi connectivity index (χ1) is 7.67. The Bertz CT molecular complexity index is 228. The van der Waals surface area contributed by atoms with Crippen molar-refractivity contribution in [3.05, 3.63) is 0 Å². The molecule has 92 valence electrons. The Morgan fingerprint density at radius 3 is 2.62 bits per heavy atom. The molecule has 1 rings (SSSR count). The van der Waals surface area contributed by atoms with Crippen molar-refractivity contribution in [1.82, 2.24) is 15.1 Å². The van der Waals surface area contributed by atoms with Crippen molar-refractivity contribution in [2.24, 2.45) is 0 Å². The highest BCUT2D eigenvalue weighted by Crippen LogP contribution is 2.14. The van der Waals surface area contributed by atoms with Crippen molar-refractivity contribution >= 4 is 0 Å². The Balaban J connectivity index is 2.24. The predicted octanol–water partition coefficient (Wildman–Crippen LogP) is 0.514. The van der Waals surface area contributed by atoms with E-state index in [-0.39, 0.29) is 6.04 Å². The van der Waals surface area contributed by atoms with Gasteiger partial charge in [-0.15, -0.1) is 0 Å². The van der Waals surface area contributed by atoms with Gasteiger partial charge < -0.3 is 15.1 Å². The molecule has 0 aromatic carbocycles. The van der Waals surface area contributed by atoms with E-state index in [1.54, 1.807) is 0 Å². The van der Waals surface area contributed by atoms with Crippen LogP contribution in [0.2, 0.25) is 0 Å². The lowest BCUT2D eigenvalue weighted by atomic mass is 10.0. The lowest BCUT2D eigenvalue weighted by molar-refractivity contribution is 0.142. The van der Waals surface area contributed by atoms with Crippen LogP contribution in [0.25, 0.3) is 0 Å². The quantitative estimate of drug-likeness (QED) is 0.739. The summed E-state index contributed by atoms with van der Waals surface area (Å²) in [5.41, 5.74) is 0. The second kappa shape index (κ2) is 6.85. The summed E-state index contributed by atoms with van der Waals surface area (Å²) >= 11 is 0. The minimum absolute atomic E-state index is 0.00582. The number of nitrogens with one attached hydrogen (secondary N) is 1. The Kier molecular flexibility index (Phi) is 5.75. The van der Waals surface area contributed by atoms with E-state index in [1.807, 2.05) is 7.05 Å². The Morgan fingerprint density at radius 1 is 1.50 bits per heavy atom. The number of rotatable bonds is 5. The van der Waals surface area contributed by atoms with Crippen LogP contribution in [-0.2, 0) is 0 Å². The first kappa shape index (κ1) is 13.4. The molecule has 0 amide bonds. The van der Waals surface area contributed by atoms with Crippen LogP contribution in [0.4, 0.5) is 0 Å². The van der Waals surface area contributed by atoms with Gasteiger partial charge in [0.25, 0.3) is 0 Å². The largest absolute Gasteiger partial charge is 0.306 e. The van der Waals surface area contributed by atoms with E-state index < -0.39 is 0 Å². The monoisotopic (exact) mass is 224 g/mol. The third-order valence-electron chi connectivity index (χ3n) is 3.59. The molecule has 0 aromatic heterocycles. The van der Waals surface area contributed by atoms with Crippen molar-refractivity contribution in [3.63, 3.8) is 0 Å². The SMILES string of the molecule is CNC(C#N)CCN(C)C1CCN(C)CC1. The third-order valence-corrected chi connectivity index (χ3v) is 3.59. The average molecular weight is 224 g/mol. The number of hydrogen-bond acceptors (Lipinski definition) is 4. The van der Waals surface area contributed by atoms with Crippen LogP contribution >= 0.6 is 0 Å². The second-order valence-corrected chi connectivity index (χ2v) is 4.77. The fraction of sp³-hybridized carbons (Fsp3) is 0.917. The molecule has 0 radical (unpaired) electrons. The summed E-state index contributed by atoms with van der Waals surface area (Å²) in [6.07, 6.45) is 3.42. The molecule has 1 heterocycles. The van der Waals surface area contributed by atoms with Gasteiger partial charge in [-0.25, -0.2) is 0 Å². The van der Waals surface area contributed by atoms with Crippen molar-refractivity contribution in [2.45, 2.75) is 31.3 Å². The van der Waals surface area contributed by atoms with Crippen molar-refractivity contribution in [1.29, 1.82) is 5.26 Å². The fourth-order valence-electron chi connectivity index (χ4n) is 2.22. The van der Waals surface area contributed by atoms with E-state index >= 15 is 0 Å². The van der Waals surface area contributed by atoms with E-state index in [9.17, 15) is 0 Å². The molecule has 4 nitrogen and oxygen atoms in total. The zero-order valence-electron chi connectivity index (χ0n) is 10.7. The van der Waals surface area contributed by atoms with E-state index in [0.29, 0.717) is 6.04 Å². The summed E-state index contributed by atoms with van der Waals surface area (Å²) in [5.74, 6) is 0. The van der Waals surface area contributed by atoms with Crippen LogP contribution in [-0.4, -0.2) is 62.7 Å². The maximum absolute atomic E-state index is 8.85. The zero-order chi connectivity index (χ0) is 12.0. The van der Waals surface area contributed by atoms with Gasteiger partial charge in [0.15, 0.2) is 0 Å². The molecule has 0 aliphatic carbocycles. The van der Waals surface area contributed by atoms with Crippen molar-refractivity contribution < 1.29 is 0 Å². The van der Waals surface area contributed by atoms with Gasteiger partial charge in [-0.2, -0.15) is 5.26 Å². The summed E-state index contributed by atoms with van der Waals surface area (Å²) in [6, 6.07) is 2.97. The summed E-state index contributed by atoms with van der Waals surface area (Å²) in [5, 5.41) is 11.9. The van der Waals surface area contributed by atoms with E-state index in [0.717, 1.165) is 13.0 Å². The molecule has 0 aromatic rings. The van der Waals surface area contributed by atoms with Crippen LogP contribution in [0.1, 0.15) is 19.3 Å². The maximum atomic E-state index is 8.85. The summed E-state index contributed by atoms with van der Waals surface area (Å²) < 4.78 is 0. The van der Waals surface area contributed by atoms with Crippen LogP contribution in [0.3, 0.4) is 0 Å². The van der Waals surface area contributed by atoms with Gasteiger partial charge in [-0.3, -0.25) is 0 Å². The molecule has 16 heavy (non-hydrogen) atoms. The molecule has 0 bridgehead atoms. The van der Waals surface area contributed by atoms with Gasteiger partial charge in [-0.1, -0.05) is 0 Å². The highest BCUT2D eigenvalue weighted by molar-refractivity contribution is 4.89. The van der Waals surface area contributed by atoms with E-state index in [4.69, 9.17) is 5.26 Å². The molecule has 1 saturated heterocycles. The van der Waals surface area contributed by atoms with Crippen molar-refractivity contribution in [2.75, 3.05) is 40.8 Å². The molecule has 1 unspecified atom stereocenters. The maximum Gasteiger partial charge on any atom is 0.0962 e. The number of nitriles is 1. The van der Waals surface area contributed by atoms with Crippen LogP contribution in [0.15, 0.2) is 0 Å². The predicted molar refractivity (Wildman–Crippen MR) is 66.2 cm³/mol. The molecule has 1 fully saturated rings. The van der Waals surface area contributed by atoms with E-state index in [1.165, 1.54) is 25.9 Å². The summed E-state index contributed by atoms with van der Waals surface area (Å²) in [4.78, 5) is 4.80. The second-order valence-electron chi connectivity index (χ2n) is 4.77. The van der Waals surface area contributed by atoms with Crippen LogP contribution in [0.5, 0.6) is 0 Å². The topological polar surface area (TPSA) is 42.3 Å². The van der Waals surface area contributed by atoms with Crippen molar-refractivity contribution in [3.8, 4) is 6.07 Å². The molecule has 4 heteroatoms. The Labute approximate surface area is 99.2 Å². The Morgan fingerprint density at radius 2 is 2.12 bits per heavy atom. The molecular formula is C12H24N4. The van der Waals surface area contributed by atoms with Gasteiger partial charge in [0.2, 0.25) is 0 Å². The summed E-state index contributed by atoms with van der Waals surface area (Å²) in [6.45, 7) is 3.40. The first-order valence-corrected chi connectivity index (χ1v) is 6.13. The minimum atomic E-state index is -0.00582. The number of nitrogens with zero attached hydrogens (tertiary/aromatic N) is 3. The van der Waals surface area contributed by atoms with Crippen LogP contribution < -0.4 is 5.32 Å². The molecular weight excluding hydrogens is 200 g/mol. The molecule has 0 saturated carbocycles. The van der Waals surface area contributed by atoms with Gasteiger partial charge in [0, 0.05) is 12.6 Å². The van der Waals surface area contributed by atoms with Gasteiger partial charge in [0.1, 0.15) is 0 Å². The molecule has 1 atom stereocenters. The van der Waals surface area contributed by atoms with Gasteiger partial charge in [-0.05, 0) is 53.5 Å². The highest BCUT2D eigenvalue weighted by Gasteiger charge is 2.20. The number of likely N-dealkylation sites (tertiary alicyclic amines) is 1. The molecule has 0 spiro atoms. The van der Waals surface area contributed by atoms with Crippen LogP contribution in [0, 0.1) is 11.3 Å². The summed E-state index contributed by atoms with van der Waals surface area (Å²) in [7, 11) is 6.21.